The monoisotopic (exact) mass is 503 g/mol. The van der Waals surface area contributed by atoms with Gasteiger partial charge in [-0.1, -0.05) is 26.7 Å². The van der Waals surface area contributed by atoms with Gasteiger partial charge in [0.05, 0.1) is 10.1 Å². The molecule has 0 aromatic carbocycles. The maximum atomic E-state index is 13.2. The van der Waals surface area contributed by atoms with Gasteiger partial charge < -0.3 is 25.5 Å². The number of pyridine rings is 1. The highest BCUT2D eigenvalue weighted by Crippen LogP contribution is 2.43. The Hall–Kier alpha value is -2.15. The van der Waals surface area contributed by atoms with Crippen LogP contribution in [0.2, 0.25) is 0 Å². The molecule has 0 spiro atoms. The summed E-state index contributed by atoms with van der Waals surface area (Å²) in [4.78, 5) is 17.8. The number of nitriles is 1. The van der Waals surface area contributed by atoms with Crippen LogP contribution in [0, 0.1) is 16.7 Å². The van der Waals surface area contributed by atoms with Crippen molar-refractivity contribution >= 4 is 38.6 Å². The lowest BCUT2D eigenvalue weighted by Gasteiger charge is -2.40. The summed E-state index contributed by atoms with van der Waals surface area (Å²) in [6.45, 7) is 6.12. The number of carbonyl (C=O) groups is 1. The topological polar surface area (TPSA) is 123 Å². The lowest BCUT2D eigenvalue weighted by Crippen LogP contribution is -2.49. The van der Waals surface area contributed by atoms with Gasteiger partial charge in [-0.25, -0.2) is 4.98 Å². The maximum absolute atomic E-state index is 13.2. The number of hydrogen-bond donors (Lipinski definition) is 4. The lowest BCUT2D eigenvalue weighted by atomic mass is 9.73. The first-order chi connectivity index (χ1) is 15.2. The number of carbonyl (C=O) groups excluding carboxylic acids is 1. The summed E-state index contributed by atoms with van der Waals surface area (Å²) in [5.74, 6) is 0.300. The summed E-state index contributed by atoms with van der Waals surface area (Å²) < 4.78 is 6.32. The number of fused-ring (bicyclic) bond motifs is 1. The summed E-state index contributed by atoms with van der Waals surface area (Å²) >= 11 is 3.58. The molecule has 0 bridgehead atoms. The predicted octanol–water partition coefficient (Wildman–Crippen LogP) is 3.69. The number of furan rings is 1. The van der Waals surface area contributed by atoms with Gasteiger partial charge in [-0.3, -0.25) is 4.79 Å². The van der Waals surface area contributed by atoms with E-state index >= 15 is 0 Å². The van der Waals surface area contributed by atoms with Crippen LogP contribution in [-0.4, -0.2) is 47.3 Å². The second-order valence-electron chi connectivity index (χ2n) is 9.56. The minimum absolute atomic E-state index is 0.121. The third-order valence-electron chi connectivity index (χ3n) is 7.00. The molecule has 2 aromatic rings. The zero-order chi connectivity index (χ0) is 22.9. The van der Waals surface area contributed by atoms with Gasteiger partial charge in [0.2, 0.25) is 5.76 Å². The van der Waals surface area contributed by atoms with Crippen molar-refractivity contribution in [3.63, 3.8) is 0 Å². The van der Waals surface area contributed by atoms with Crippen LogP contribution in [0.15, 0.2) is 15.0 Å². The average Bonchev–Trinajstić information content (AvgIpc) is 3.42. The van der Waals surface area contributed by atoms with Gasteiger partial charge in [-0.2, -0.15) is 5.26 Å². The predicted molar refractivity (Wildman–Crippen MR) is 125 cm³/mol. The number of aromatic nitrogens is 1. The first kappa shape index (κ1) is 23.0. The fourth-order valence-electron chi connectivity index (χ4n) is 4.72. The molecule has 2 aromatic heterocycles. The SMILES string of the molecule is CC(C)(CNC(=O)c1nc(NC2CCNCC2)c(Br)c2cc(C#N)oc12)C1(O)CCCC1. The molecule has 2 aliphatic rings. The molecule has 0 atom stereocenters. The Kier molecular flexibility index (Phi) is 6.48. The molecule has 32 heavy (non-hydrogen) atoms. The molecule has 8 nitrogen and oxygen atoms in total. The molecule has 4 rings (SSSR count). The number of rotatable bonds is 6. The highest BCUT2D eigenvalue weighted by Gasteiger charge is 2.45. The van der Waals surface area contributed by atoms with E-state index in [1.807, 2.05) is 19.9 Å². The standard InChI is InChI=1S/C23H30BrN5O3/c1-22(2,23(31)7-3-4-8-23)13-27-21(30)18-19-16(11-15(12-25)32-19)17(24)20(29-18)28-14-5-9-26-10-6-14/h11,14,26,31H,3-10,13H2,1-2H3,(H,27,30)(H,28,29). The van der Waals surface area contributed by atoms with Crippen LogP contribution in [0.4, 0.5) is 5.82 Å². The fourth-order valence-corrected chi connectivity index (χ4v) is 5.22. The van der Waals surface area contributed by atoms with Crippen molar-refractivity contribution in [3.8, 4) is 6.07 Å². The van der Waals surface area contributed by atoms with Crippen molar-refractivity contribution < 1.29 is 14.3 Å². The van der Waals surface area contributed by atoms with E-state index in [-0.39, 0.29) is 29.0 Å². The minimum atomic E-state index is -0.789. The Balaban J connectivity index is 1.62. The van der Waals surface area contributed by atoms with E-state index in [1.54, 1.807) is 6.07 Å². The van der Waals surface area contributed by atoms with Gasteiger partial charge in [0, 0.05) is 29.5 Å². The van der Waals surface area contributed by atoms with Crippen LogP contribution in [0.3, 0.4) is 0 Å². The summed E-state index contributed by atoms with van der Waals surface area (Å²) in [5, 5.41) is 30.7. The van der Waals surface area contributed by atoms with Gasteiger partial charge in [-0.05, 0) is 54.7 Å². The van der Waals surface area contributed by atoms with Gasteiger partial charge in [-0.15, -0.1) is 0 Å². The zero-order valence-corrected chi connectivity index (χ0v) is 20.1. The van der Waals surface area contributed by atoms with Crippen LogP contribution in [-0.2, 0) is 0 Å². The van der Waals surface area contributed by atoms with E-state index in [0.29, 0.717) is 22.2 Å². The normalized spacial score (nSPS) is 19.1. The van der Waals surface area contributed by atoms with E-state index in [4.69, 9.17) is 4.42 Å². The molecule has 172 valence electrons. The summed E-state index contributed by atoms with van der Waals surface area (Å²) in [6, 6.07) is 3.86. The molecule has 2 fully saturated rings. The smallest absolute Gasteiger partial charge is 0.273 e. The van der Waals surface area contributed by atoms with Crippen molar-refractivity contribution in [2.24, 2.45) is 5.41 Å². The van der Waals surface area contributed by atoms with Gasteiger partial charge in [0.15, 0.2) is 11.3 Å². The second kappa shape index (κ2) is 9.00. The number of halogens is 1. The Morgan fingerprint density at radius 3 is 2.75 bits per heavy atom. The highest BCUT2D eigenvalue weighted by molar-refractivity contribution is 9.10. The van der Waals surface area contributed by atoms with Gasteiger partial charge in [0.1, 0.15) is 11.9 Å². The highest BCUT2D eigenvalue weighted by atomic mass is 79.9. The third-order valence-corrected chi connectivity index (χ3v) is 7.80. The van der Waals surface area contributed by atoms with Crippen LogP contribution in [0.1, 0.15) is 68.6 Å². The molecule has 1 saturated heterocycles. The molecule has 9 heteroatoms. The molecule has 4 N–H and O–H groups in total. The van der Waals surface area contributed by atoms with Crippen molar-refractivity contribution in [1.82, 2.24) is 15.6 Å². The summed E-state index contributed by atoms with van der Waals surface area (Å²) in [7, 11) is 0. The van der Waals surface area contributed by atoms with Crippen molar-refractivity contribution in [3.05, 3.63) is 22.0 Å². The molecule has 1 aliphatic heterocycles. The lowest BCUT2D eigenvalue weighted by molar-refractivity contribution is -0.0590. The maximum Gasteiger partial charge on any atom is 0.273 e. The minimum Gasteiger partial charge on any atom is -0.443 e. The number of nitrogens with one attached hydrogen (secondary N) is 3. The number of amides is 1. The Bertz CT molecular complexity index is 1050. The van der Waals surface area contributed by atoms with Crippen molar-refractivity contribution in [2.75, 3.05) is 25.0 Å². The van der Waals surface area contributed by atoms with E-state index in [2.05, 4.69) is 36.9 Å². The van der Waals surface area contributed by atoms with E-state index < -0.39 is 11.0 Å². The molecule has 0 radical (unpaired) electrons. The van der Waals surface area contributed by atoms with Gasteiger partial charge in [0.25, 0.3) is 5.91 Å². The van der Waals surface area contributed by atoms with E-state index in [1.165, 1.54) is 0 Å². The van der Waals surface area contributed by atoms with Crippen LogP contribution < -0.4 is 16.0 Å². The largest absolute Gasteiger partial charge is 0.443 e. The first-order valence-corrected chi connectivity index (χ1v) is 12.0. The van der Waals surface area contributed by atoms with Gasteiger partial charge >= 0.3 is 0 Å². The van der Waals surface area contributed by atoms with E-state index in [0.717, 1.165) is 51.6 Å². The average molecular weight is 504 g/mol. The van der Waals surface area contributed by atoms with E-state index in [9.17, 15) is 15.2 Å². The number of nitrogens with zero attached hydrogens (tertiary/aromatic N) is 2. The molecule has 1 saturated carbocycles. The molecule has 0 unspecified atom stereocenters. The molecule has 1 amide bonds. The van der Waals surface area contributed by atoms with Crippen molar-refractivity contribution in [2.45, 2.75) is 64.0 Å². The second-order valence-corrected chi connectivity index (χ2v) is 10.4. The Morgan fingerprint density at radius 2 is 2.09 bits per heavy atom. The fraction of sp³-hybridized carbons (Fsp3) is 0.609. The Labute approximate surface area is 196 Å². The Morgan fingerprint density at radius 1 is 1.41 bits per heavy atom. The first-order valence-electron chi connectivity index (χ1n) is 11.2. The number of anilines is 1. The number of piperidine rings is 1. The summed E-state index contributed by atoms with van der Waals surface area (Å²) in [5.41, 5.74) is -0.858. The van der Waals surface area contributed by atoms with Crippen LogP contribution in [0.5, 0.6) is 0 Å². The number of aliphatic hydroxyl groups is 1. The summed E-state index contributed by atoms with van der Waals surface area (Å²) in [6.07, 6.45) is 5.38. The molecular weight excluding hydrogens is 474 g/mol. The molecule has 1 aliphatic carbocycles. The molecule has 3 heterocycles. The number of hydrogen-bond acceptors (Lipinski definition) is 7. The van der Waals surface area contributed by atoms with Crippen LogP contribution >= 0.6 is 15.9 Å². The van der Waals surface area contributed by atoms with Crippen LogP contribution in [0.25, 0.3) is 11.0 Å². The molecular formula is C23H30BrN5O3. The van der Waals surface area contributed by atoms with Crippen molar-refractivity contribution in [1.29, 1.82) is 5.26 Å². The third kappa shape index (κ3) is 4.36. The quantitative estimate of drug-likeness (QED) is 0.473. The zero-order valence-electron chi connectivity index (χ0n) is 18.6.